The summed E-state index contributed by atoms with van der Waals surface area (Å²) >= 11 is 5.82. The summed E-state index contributed by atoms with van der Waals surface area (Å²) in [6.45, 7) is 0. The molecule has 0 aliphatic carbocycles. The Morgan fingerprint density at radius 1 is 0.812 bits per heavy atom. The Morgan fingerprint density at radius 2 is 1.38 bits per heavy atom. The first-order valence-electron chi connectivity index (χ1n) is 9.27. The van der Waals surface area contributed by atoms with Crippen molar-refractivity contribution in [3.63, 3.8) is 0 Å². The van der Waals surface area contributed by atoms with Gasteiger partial charge in [0.05, 0.1) is 26.2 Å². The number of carbonyl (C=O) groups is 1. The molecule has 0 radical (unpaired) electrons. The summed E-state index contributed by atoms with van der Waals surface area (Å²) in [5, 5.41) is 3.23. The second-order valence-electron chi connectivity index (χ2n) is 6.50. The minimum Gasteiger partial charge on any atom is -0.493 e. The summed E-state index contributed by atoms with van der Waals surface area (Å²) in [6.07, 6.45) is 0. The summed E-state index contributed by atoms with van der Waals surface area (Å²) in [7, 11) is 0.602. The molecule has 0 bridgehead atoms. The highest BCUT2D eigenvalue weighted by Crippen LogP contribution is 2.40. The number of nitrogens with one attached hydrogen (secondary N) is 2. The lowest BCUT2D eigenvalue weighted by molar-refractivity contribution is 0.102. The van der Waals surface area contributed by atoms with Crippen LogP contribution in [0.25, 0.3) is 0 Å². The fraction of sp³-hybridized carbons (Fsp3) is 0.136. The quantitative estimate of drug-likeness (QED) is 0.499. The number of anilines is 2. The Kier molecular flexibility index (Phi) is 7.12. The van der Waals surface area contributed by atoms with Gasteiger partial charge in [0.25, 0.3) is 15.9 Å². The topological polar surface area (TPSA) is 103 Å². The first kappa shape index (κ1) is 23.2. The fourth-order valence-corrected chi connectivity index (χ4v) is 4.06. The third-order valence-corrected chi connectivity index (χ3v) is 6.10. The normalized spacial score (nSPS) is 10.9. The van der Waals surface area contributed by atoms with E-state index in [9.17, 15) is 13.2 Å². The number of hydrogen-bond acceptors (Lipinski definition) is 6. The third kappa shape index (κ3) is 5.24. The van der Waals surface area contributed by atoms with E-state index in [0.717, 1.165) is 0 Å². The number of carbonyl (C=O) groups excluding carboxylic acids is 1. The molecule has 0 atom stereocenters. The minimum absolute atomic E-state index is 0.0109. The van der Waals surface area contributed by atoms with E-state index in [1.54, 1.807) is 36.4 Å². The van der Waals surface area contributed by atoms with Crippen LogP contribution >= 0.6 is 11.6 Å². The number of ether oxygens (including phenoxy) is 3. The van der Waals surface area contributed by atoms with Crippen molar-refractivity contribution >= 4 is 38.9 Å². The third-order valence-electron chi connectivity index (χ3n) is 4.45. The van der Waals surface area contributed by atoms with Gasteiger partial charge in [0.15, 0.2) is 11.5 Å². The smallest absolute Gasteiger partial charge is 0.261 e. The number of benzene rings is 3. The summed E-state index contributed by atoms with van der Waals surface area (Å²) in [6, 6.07) is 15.0. The number of hydrogen-bond donors (Lipinski definition) is 2. The Bertz CT molecular complexity index is 1190. The minimum atomic E-state index is -3.82. The van der Waals surface area contributed by atoms with E-state index in [1.807, 2.05) is 0 Å². The zero-order valence-corrected chi connectivity index (χ0v) is 19.1. The van der Waals surface area contributed by atoms with Gasteiger partial charge >= 0.3 is 0 Å². The molecule has 1 amide bonds. The maximum atomic E-state index is 12.7. The van der Waals surface area contributed by atoms with Crippen molar-refractivity contribution in [1.82, 2.24) is 0 Å². The molecular weight excluding hydrogens is 456 g/mol. The van der Waals surface area contributed by atoms with E-state index in [0.29, 0.717) is 33.6 Å². The lowest BCUT2D eigenvalue weighted by Gasteiger charge is -2.14. The van der Waals surface area contributed by atoms with Crippen molar-refractivity contribution in [2.24, 2.45) is 0 Å². The molecule has 0 aromatic heterocycles. The molecule has 0 aliphatic rings. The molecule has 0 aliphatic heterocycles. The van der Waals surface area contributed by atoms with Gasteiger partial charge in [-0.15, -0.1) is 0 Å². The standard InChI is InChI=1S/C22H21ClN2O6S/c1-29-19-12-17(13-20(30-2)21(19)31-3)24-22(26)14-4-10-18(11-5-14)32(27,28)25-16-8-6-15(23)7-9-16/h4-13,25H,1-3H3,(H,24,26). The van der Waals surface area contributed by atoms with Crippen LogP contribution in [-0.2, 0) is 10.0 Å². The Morgan fingerprint density at radius 3 is 1.88 bits per heavy atom. The molecule has 0 heterocycles. The number of amides is 1. The zero-order valence-electron chi connectivity index (χ0n) is 17.5. The molecular formula is C22H21ClN2O6S. The van der Waals surface area contributed by atoms with Crippen molar-refractivity contribution in [3.05, 3.63) is 71.2 Å². The van der Waals surface area contributed by atoms with Gasteiger partial charge in [-0.25, -0.2) is 8.42 Å². The number of halogens is 1. The molecule has 0 saturated carbocycles. The molecule has 168 valence electrons. The molecule has 8 nitrogen and oxygen atoms in total. The van der Waals surface area contributed by atoms with Crippen molar-refractivity contribution in [2.75, 3.05) is 31.4 Å². The van der Waals surface area contributed by atoms with Crippen LogP contribution in [0, 0.1) is 0 Å². The summed E-state index contributed by atoms with van der Waals surface area (Å²) in [4.78, 5) is 12.7. The average Bonchev–Trinajstić information content (AvgIpc) is 2.79. The molecule has 2 N–H and O–H groups in total. The van der Waals surface area contributed by atoms with Crippen LogP contribution in [0.2, 0.25) is 5.02 Å². The highest BCUT2D eigenvalue weighted by Gasteiger charge is 2.17. The van der Waals surface area contributed by atoms with E-state index in [2.05, 4.69) is 10.0 Å². The zero-order chi connectivity index (χ0) is 23.3. The molecule has 3 rings (SSSR count). The SMILES string of the molecule is COc1cc(NC(=O)c2ccc(S(=O)(=O)Nc3ccc(Cl)cc3)cc2)cc(OC)c1OC. The average molecular weight is 477 g/mol. The second kappa shape index (κ2) is 9.80. The molecule has 0 fully saturated rings. The van der Waals surface area contributed by atoms with Gasteiger partial charge in [-0.2, -0.15) is 0 Å². The largest absolute Gasteiger partial charge is 0.493 e. The van der Waals surface area contributed by atoms with Gasteiger partial charge in [0.2, 0.25) is 5.75 Å². The number of sulfonamides is 1. The van der Waals surface area contributed by atoms with Crippen LogP contribution in [0.1, 0.15) is 10.4 Å². The van der Waals surface area contributed by atoms with Crippen molar-refractivity contribution in [3.8, 4) is 17.2 Å². The molecule has 32 heavy (non-hydrogen) atoms. The van der Waals surface area contributed by atoms with Crippen LogP contribution in [0.5, 0.6) is 17.2 Å². The predicted octanol–water partition coefficient (Wildman–Crippen LogP) is 4.42. The number of methoxy groups -OCH3 is 3. The van der Waals surface area contributed by atoms with Gasteiger partial charge in [0, 0.05) is 34.1 Å². The van der Waals surface area contributed by atoms with Gasteiger partial charge < -0.3 is 19.5 Å². The Hall–Kier alpha value is -3.43. The molecule has 3 aromatic rings. The predicted molar refractivity (Wildman–Crippen MR) is 123 cm³/mol. The van der Waals surface area contributed by atoms with Gasteiger partial charge in [-0.3, -0.25) is 9.52 Å². The molecule has 3 aromatic carbocycles. The van der Waals surface area contributed by atoms with Crippen LogP contribution in [0.3, 0.4) is 0 Å². The lowest BCUT2D eigenvalue weighted by Crippen LogP contribution is -2.15. The van der Waals surface area contributed by atoms with Gasteiger partial charge in [-0.05, 0) is 48.5 Å². The Balaban J connectivity index is 1.77. The summed E-state index contributed by atoms with van der Waals surface area (Å²) < 4.78 is 43.4. The van der Waals surface area contributed by atoms with E-state index < -0.39 is 15.9 Å². The van der Waals surface area contributed by atoms with Crippen LogP contribution < -0.4 is 24.2 Å². The highest BCUT2D eigenvalue weighted by atomic mass is 35.5. The molecule has 0 saturated heterocycles. The van der Waals surface area contributed by atoms with Gasteiger partial charge in [0.1, 0.15) is 0 Å². The maximum absolute atomic E-state index is 12.7. The first-order valence-corrected chi connectivity index (χ1v) is 11.1. The van der Waals surface area contributed by atoms with Gasteiger partial charge in [-0.1, -0.05) is 11.6 Å². The van der Waals surface area contributed by atoms with Crippen LogP contribution in [-0.4, -0.2) is 35.7 Å². The monoisotopic (exact) mass is 476 g/mol. The van der Waals surface area contributed by atoms with Crippen molar-refractivity contribution < 1.29 is 27.4 Å². The van der Waals surface area contributed by atoms with Crippen molar-refractivity contribution in [1.29, 1.82) is 0 Å². The van der Waals surface area contributed by atoms with E-state index >= 15 is 0 Å². The molecule has 0 spiro atoms. The molecule has 0 unspecified atom stereocenters. The Labute approximate surface area is 191 Å². The van der Waals surface area contributed by atoms with Crippen LogP contribution in [0.4, 0.5) is 11.4 Å². The summed E-state index contributed by atoms with van der Waals surface area (Å²) in [5.74, 6) is 0.735. The number of rotatable bonds is 8. The van der Waals surface area contributed by atoms with E-state index in [4.69, 9.17) is 25.8 Å². The second-order valence-corrected chi connectivity index (χ2v) is 8.62. The van der Waals surface area contributed by atoms with Crippen molar-refractivity contribution in [2.45, 2.75) is 4.90 Å². The summed E-state index contributed by atoms with van der Waals surface area (Å²) in [5.41, 5.74) is 1.06. The first-order chi connectivity index (χ1) is 15.3. The molecule has 10 heteroatoms. The highest BCUT2D eigenvalue weighted by molar-refractivity contribution is 7.92. The van der Waals surface area contributed by atoms with Crippen LogP contribution in [0.15, 0.2) is 65.6 Å². The lowest BCUT2D eigenvalue weighted by atomic mass is 10.2. The van der Waals surface area contributed by atoms with E-state index in [1.165, 1.54) is 45.6 Å². The maximum Gasteiger partial charge on any atom is 0.261 e. The fourth-order valence-electron chi connectivity index (χ4n) is 2.87. The van der Waals surface area contributed by atoms with E-state index in [-0.39, 0.29) is 10.5 Å².